The minimum absolute atomic E-state index is 0.444. The van der Waals surface area contributed by atoms with Gasteiger partial charge in [-0.2, -0.15) is 0 Å². The number of benzene rings is 1. The monoisotopic (exact) mass is 217 g/mol. The van der Waals surface area contributed by atoms with Gasteiger partial charge in [-0.1, -0.05) is 26.0 Å². The lowest BCUT2D eigenvalue weighted by molar-refractivity contribution is 0.259. The summed E-state index contributed by atoms with van der Waals surface area (Å²) in [5, 5.41) is 2.53. The molecule has 0 aliphatic rings. The Balaban J connectivity index is 2.44. The van der Waals surface area contributed by atoms with Gasteiger partial charge < -0.3 is 10.1 Å². The zero-order valence-electron chi connectivity index (χ0n) is 9.69. The quantitative estimate of drug-likeness (QED) is 0.767. The van der Waals surface area contributed by atoms with Crippen LogP contribution in [0.2, 0.25) is 0 Å². The maximum atomic E-state index is 10.5. The number of nitrogens with one attached hydrogen (secondary N) is 1. The molecule has 0 heterocycles. The van der Waals surface area contributed by atoms with E-state index >= 15 is 0 Å². The number of amides is 1. The molecule has 1 amide bonds. The number of rotatable bonds is 5. The minimum atomic E-state index is -0.514. The first-order valence-corrected chi connectivity index (χ1v) is 5.33. The molecule has 1 aromatic rings. The lowest BCUT2D eigenvalue weighted by Crippen LogP contribution is -2.20. The van der Waals surface area contributed by atoms with Crippen molar-refractivity contribution in [3.05, 3.63) is 29.8 Å². The average molecular weight is 217 g/mol. The van der Waals surface area contributed by atoms with Gasteiger partial charge >= 0.3 is 0 Å². The fourth-order valence-corrected chi connectivity index (χ4v) is 1.16. The van der Waals surface area contributed by atoms with Gasteiger partial charge in [0.2, 0.25) is 7.85 Å². The maximum absolute atomic E-state index is 10.5. The van der Waals surface area contributed by atoms with Gasteiger partial charge in [-0.05, 0) is 23.6 Å². The van der Waals surface area contributed by atoms with Crippen molar-refractivity contribution >= 4 is 13.7 Å². The summed E-state index contributed by atoms with van der Waals surface area (Å²) in [5.74, 6) is 0.841. The predicted molar refractivity (Wildman–Crippen MR) is 64.8 cm³/mol. The zero-order valence-corrected chi connectivity index (χ0v) is 9.69. The van der Waals surface area contributed by atoms with Gasteiger partial charge in [0.05, 0.1) is 6.61 Å². The first-order chi connectivity index (χ1) is 7.58. The Morgan fingerprint density at radius 1 is 1.38 bits per heavy atom. The van der Waals surface area contributed by atoms with Crippen molar-refractivity contribution in [2.24, 2.45) is 5.92 Å². The maximum Gasteiger partial charge on any atom is 0.200 e. The van der Waals surface area contributed by atoms with E-state index in [2.05, 4.69) is 19.2 Å². The van der Waals surface area contributed by atoms with Crippen molar-refractivity contribution in [2.45, 2.75) is 20.4 Å². The van der Waals surface area contributed by atoms with E-state index in [1.165, 1.54) is 0 Å². The van der Waals surface area contributed by atoms with Crippen LogP contribution < -0.4 is 10.1 Å². The van der Waals surface area contributed by atoms with Crippen LogP contribution in [0.4, 0.5) is 4.79 Å². The molecule has 0 atom stereocenters. The lowest BCUT2D eigenvalue weighted by atomic mass is 10.1. The van der Waals surface area contributed by atoms with E-state index in [-0.39, 0.29) is 0 Å². The minimum Gasteiger partial charge on any atom is -0.493 e. The second-order valence-corrected chi connectivity index (χ2v) is 4.07. The van der Waals surface area contributed by atoms with Gasteiger partial charge in [0.1, 0.15) is 5.75 Å². The highest BCUT2D eigenvalue weighted by atomic mass is 16.5. The molecule has 3 nitrogen and oxygen atoms in total. The summed E-state index contributed by atoms with van der Waals surface area (Å²) in [6.45, 7) is 5.36. The summed E-state index contributed by atoms with van der Waals surface area (Å²) in [7, 11) is 4.98. The molecule has 0 bridgehead atoms. The summed E-state index contributed by atoms with van der Waals surface area (Å²) in [6.07, 6.45) is 0. The lowest BCUT2D eigenvalue weighted by Gasteiger charge is -2.09. The highest BCUT2D eigenvalue weighted by Crippen LogP contribution is 2.13. The molecule has 0 saturated carbocycles. The van der Waals surface area contributed by atoms with E-state index in [9.17, 15) is 4.79 Å². The van der Waals surface area contributed by atoms with E-state index < -0.39 is 5.81 Å². The molecule has 1 rings (SSSR count). The fraction of sp³-hybridized carbons (Fsp3) is 0.417. The van der Waals surface area contributed by atoms with E-state index in [0.717, 1.165) is 11.3 Å². The molecule has 0 aliphatic carbocycles. The molecule has 0 saturated heterocycles. The molecule has 16 heavy (non-hydrogen) atoms. The van der Waals surface area contributed by atoms with Gasteiger partial charge in [-0.15, -0.1) is 0 Å². The fourth-order valence-electron chi connectivity index (χ4n) is 1.16. The normalized spacial score (nSPS) is 10.2. The summed E-state index contributed by atoms with van der Waals surface area (Å²) < 4.78 is 5.54. The van der Waals surface area contributed by atoms with Crippen molar-refractivity contribution in [3.8, 4) is 5.75 Å². The largest absolute Gasteiger partial charge is 0.493 e. The van der Waals surface area contributed by atoms with Gasteiger partial charge in [0.25, 0.3) is 0 Å². The molecular weight excluding hydrogens is 201 g/mol. The van der Waals surface area contributed by atoms with Crippen LogP contribution in [-0.2, 0) is 6.54 Å². The molecule has 84 valence electrons. The summed E-state index contributed by atoms with van der Waals surface area (Å²) in [5.41, 5.74) is 0.996. The van der Waals surface area contributed by atoms with Crippen LogP contribution in [0.25, 0.3) is 0 Å². The third-order valence-corrected chi connectivity index (χ3v) is 1.97. The zero-order chi connectivity index (χ0) is 12.0. The van der Waals surface area contributed by atoms with Crippen LogP contribution >= 0.6 is 0 Å². The van der Waals surface area contributed by atoms with E-state index in [4.69, 9.17) is 12.6 Å². The molecule has 0 aromatic heterocycles. The number of hydrogen-bond donors (Lipinski definition) is 1. The predicted octanol–water partition coefficient (Wildman–Crippen LogP) is 2.10. The number of carbonyl (C=O) groups excluding carboxylic acids is 1. The summed E-state index contributed by atoms with van der Waals surface area (Å²) in [4.78, 5) is 10.5. The Morgan fingerprint density at radius 3 is 2.50 bits per heavy atom. The van der Waals surface area contributed by atoms with E-state index in [1.54, 1.807) is 0 Å². The van der Waals surface area contributed by atoms with Crippen LogP contribution in [0.1, 0.15) is 19.4 Å². The Bertz CT molecular complexity index is 335. The van der Waals surface area contributed by atoms with Crippen LogP contribution in [0, 0.1) is 5.92 Å². The molecule has 0 unspecified atom stereocenters. The topological polar surface area (TPSA) is 38.3 Å². The van der Waals surface area contributed by atoms with Crippen molar-refractivity contribution < 1.29 is 9.53 Å². The van der Waals surface area contributed by atoms with Gasteiger partial charge in [-0.3, -0.25) is 4.79 Å². The smallest absolute Gasteiger partial charge is 0.200 e. The van der Waals surface area contributed by atoms with E-state index in [0.29, 0.717) is 19.1 Å². The third-order valence-electron chi connectivity index (χ3n) is 1.97. The number of hydrogen-bond acceptors (Lipinski definition) is 2. The van der Waals surface area contributed by atoms with Crippen molar-refractivity contribution in [3.63, 3.8) is 0 Å². The number of carbonyl (C=O) groups is 1. The molecule has 4 heteroatoms. The van der Waals surface area contributed by atoms with Crippen LogP contribution in [0.5, 0.6) is 5.75 Å². The van der Waals surface area contributed by atoms with Crippen LogP contribution in [-0.4, -0.2) is 20.3 Å². The molecule has 1 N–H and O–H groups in total. The molecular formula is C12H16BNO2. The molecule has 2 radical (unpaired) electrons. The molecule has 0 fully saturated rings. The molecule has 0 aliphatic heterocycles. The second kappa shape index (κ2) is 6.21. The van der Waals surface area contributed by atoms with Crippen molar-refractivity contribution in [1.29, 1.82) is 0 Å². The van der Waals surface area contributed by atoms with Gasteiger partial charge in [0, 0.05) is 6.54 Å². The van der Waals surface area contributed by atoms with Crippen LogP contribution in [0.15, 0.2) is 24.3 Å². The molecule has 1 aromatic carbocycles. The molecule has 0 spiro atoms. The van der Waals surface area contributed by atoms with E-state index in [1.807, 2.05) is 24.3 Å². The van der Waals surface area contributed by atoms with Crippen molar-refractivity contribution in [1.82, 2.24) is 5.32 Å². The van der Waals surface area contributed by atoms with Gasteiger partial charge in [0.15, 0.2) is 5.81 Å². The standard InChI is InChI=1S/C12H16BNO2/c1-9(2)8-16-11-5-3-10(4-6-11)7-14-12(13)15/h3-6,9H,7-8H2,1-2H3,(H,14,15). The van der Waals surface area contributed by atoms with Gasteiger partial charge in [-0.25, -0.2) is 0 Å². The number of ether oxygens (including phenoxy) is 1. The third kappa shape index (κ3) is 4.87. The highest BCUT2D eigenvalue weighted by Gasteiger charge is 1.98. The first-order valence-electron chi connectivity index (χ1n) is 5.33. The Labute approximate surface area is 97.6 Å². The Morgan fingerprint density at radius 2 is 2.00 bits per heavy atom. The summed E-state index contributed by atoms with van der Waals surface area (Å²) in [6, 6.07) is 7.60. The van der Waals surface area contributed by atoms with Crippen LogP contribution in [0.3, 0.4) is 0 Å². The summed E-state index contributed by atoms with van der Waals surface area (Å²) >= 11 is 0. The Hall–Kier alpha value is -1.45. The SMILES string of the molecule is [B]C(=O)NCc1ccc(OCC(C)C)cc1. The highest BCUT2D eigenvalue weighted by molar-refractivity contribution is 6.57. The first kappa shape index (κ1) is 12.6. The Kier molecular flexibility index (Phi) is 4.90. The van der Waals surface area contributed by atoms with Crippen molar-refractivity contribution in [2.75, 3.05) is 6.61 Å². The second-order valence-electron chi connectivity index (χ2n) is 4.07. The average Bonchev–Trinajstić information content (AvgIpc) is 2.25.